The van der Waals surface area contributed by atoms with Crippen LogP contribution in [0.1, 0.15) is 0 Å². The highest BCUT2D eigenvalue weighted by molar-refractivity contribution is 5.91. The highest BCUT2D eigenvalue weighted by Gasteiger charge is 2.11. The van der Waals surface area contributed by atoms with E-state index in [1.165, 1.54) is 0 Å². The number of pyridine rings is 5. The molecule has 0 atom stereocenters. The molecule has 5 aromatic heterocycles. The van der Waals surface area contributed by atoms with E-state index in [1.807, 2.05) is 48.8 Å². The predicted molar refractivity (Wildman–Crippen MR) is 178 cm³/mol. The van der Waals surface area contributed by atoms with Gasteiger partial charge in [0.1, 0.15) is 0 Å². The Hall–Kier alpha value is -6.07. The minimum atomic E-state index is 0.872. The second-order valence-corrected chi connectivity index (χ2v) is 10.7. The predicted octanol–water partition coefficient (Wildman–Crippen LogP) is 9.30. The van der Waals surface area contributed by atoms with Crippen LogP contribution < -0.4 is 0 Å². The van der Waals surface area contributed by atoms with Crippen LogP contribution >= 0.6 is 0 Å². The van der Waals surface area contributed by atoms with Gasteiger partial charge in [-0.3, -0.25) is 15.0 Å². The van der Waals surface area contributed by atoms with Gasteiger partial charge in [-0.25, -0.2) is 9.97 Å². The number of fused-ring (bicyclic) bond motifs is 2. The molecule has 5 heteroatoms. The molecule has 0 aliphatic rings. The lowest BCUT2D eigenvalue weighted by Crippen LogP contribution is -1.90. The van der Waals surface area contributed by atoms with E-state index in [2.05, 4.69) is 99.9 Å². The highest BCUT2D eigenvalue weighted by atomic mass is 14.8. The first-order chi connectivity index (χ1) is 21.8. The standard InChI is InChI=1S/C39H25N5/c1-2-18-42-38(7-1)39-15-11-29-20-27(9-13-36(29)44-39)26-8-12-35-28(19-26)10-14-37(43-35)34-22-32(30-5-3-16-40-24-30)21-33(23-34)31-6-4-17-41-25-31/h1-25H. The van der Waals surface area contributed by atoms with E-state index in [0.29, 0.717) is 0 Å². The van der Waals surface area contributed by atoms with E-state index in [4.69, 9.17) is 9.97 Å². The Bertz CT molecular complexity index is 2210. The smallest absolute Gasteiger partial charge is 0.0893 e. The number of benzene rings is 3. The zero-order valence-electron chi connectivity index (χ0n) is 23.7. The molecule has 0 amide bonds. The van der Waals surface area contributed by atoms with Crippen LogP contribution in [0.15, 0.2) is 152 Å². The highest BCUT2D eigenvalue weighted by Crippen LogP contribution is 2.33. The van der Waals surface area contributed by atoms with E-state index in [1.54, 1.807) is 18.6 Å². The number of nitrogens with zero attached hydrogens (tertiary/aromatic N) is 5. The fourth-order valence-electron chi connectivity index (χ4n) is 5.60. The van der Waals surface area contributed by atoms with Gasteiger partial charge in [-0.05, 0) is 101 Å². The zero-order valence-corrected chi connectivity index (χ0v) is 23.7. The first kappa shape index (κ1) is 25.6. The minimum Gasteiger partial charge on any atom is -0.264 e. The van der Waals surface area contributed by atoms with Crippen LogP contribution in [-0.2, 0) is 0 Å². The third-order valence-corrected chi connectivity index (χ3v) is 7.86. The summed E-state index contributed by atoms with van der Waals surface area (Å²) in [6.45, 7) is 0. The van der Waals surface area contributed by atoms with Crippen molar-refractivity contribution in [3.8, 4) is 56.0 Å². The van der Waals surface area contributed by atoms with E-state index < -0.39 is 0 Å². The second kappa shape index (κ2) is 11.0. The quantitative estimate of drug-likeness (QED) is 0.209. The molecule has 0 fully saturated rings. The molecule has 0 radical (unpaired) electrons. The molecule has 44 heavy (non-hydrogen) atoms. The van der Waals surface area contributed by atoms with Crippen LogP contribution in [0.3, 0.4) is 0 Å². The summed E-state index contributed by atoms with van der Waals surface area (Å²) in [7, 11) is 0. The average Bonchev–Trinajstić information content (AvgIpc) is 3.11. The van der Waals surface area contributed by atoms with Gasteiger partial charge >= 0.3 is 0 Å². The number of hydrogen-bond donors (Lipinski definition) is 0. The molecule has 0 aliphatic heterocycles. The monoisotopic (exact) mass is 563 g/mol. The Balaban J connectivity index is 1.15. The molecule has 0 unspecified atom stereocenters. The minimum absolute atomic E-state index is 0.872. The Morgan fingerprint density at radius 3 is 1.50 bits per heavy atom. The van der Waals surface area contributed by atoms with Crippen LogP contribution in [-0.4, -0.2) is 24.9 Å². The third kappa shape index (κ3) is 4.97. The third-order valence-electron chi connectivity index (χ3n) is 7.86. The summed E-state index contributed by atoms with van der Waals surface area (Å²) in [6.07, 6.45) is 9.17. The number of hydrogen-bond acceptors (Lipinski definition) is 5. The number of aromatic nitrogens is 5. The molecule has 8 rings (SSSR count). The van der Waals surface area contributed by atoms with Gasteiger partial charge in [0.2, 0.25) is 0 Å². The molecule has 8 aromatic rings. The summed E-state index contributed by atoms with van der Waals surface area (Å²) >= 11 is 0. The van der Waals surface area contributed by atoms with Gasteiger partial charge in [-0.1, -0.05) is 42.5 Å². The van der Waals surface area contributed by atoms with Crippen molar-refractivity contribution >= 4 is 21.8 Å². The maximum absolute atomic E-state index is 5.09. The maximum Gasteiger partial charge on any atom is 0.0893 e. The van der Waals surface area contributed by atoms with E-state index in [9.17, 15) is 0 Å². The van der Waals surface area contributed by atoms with Gasteiger partial charge in [0.05, 0.1) is 28.1 Å². The number of rotatable bonds is 5. The Labute approximate surface area is 254 Å². The van der Waals surface area contributed by atoms with E-state index >= 15 is 0 Å². The molecule has 206 valence electrons. The van der Waals surface area contributed by atoms with Crippen LogP contribution in [0.2, 0.25) is 0 Å². The summed E-state index contributed by atoms with van der Waals surface area (Å²) in [4.78, 5) is 23.0. The van der Waals surface area contributed by atoms with Crippen LogP contribution in [0, 0.1) is 0 Å². The Morgan fingerprint density at radius 1 is 0.341 bits per heavy atom. The lowest BCUT2D eigenvalue weighted by Gasteiger charge is -2.11. The van der Waals surface area contributed by atoms with Gasteiger partial charge in [-0.15, -0.1) is 0 Å². The summed E-state index contributed by atoms with van der Waals surface area (Å²) in [5.41, 5.74) is 12.2. The molecule has 0 spiro atoms. The Morgan fingerprint density at radius 2 is 0.932 bits per heavy atom. The molecular weight excluding hydrogens is 538 g/mol. The van der Waals surface area contributed by atoms with Crippen molar-refractivity contribution in [2.24, 2.45) is 0 Å². The van der Waals surface area contributed by atoms with Crippen molar-refractivity contribution in [3.63, 3.8) is 0 Å². The van der Waals surface area contributed by atoms with Crippen molar-refractivity contribution in [1.29, 1.82) is 0 Å². The zero-order chi connectivity index (χ0) is 29.3. The fraction of sp³-hybridized carbons (Fsp3) is 0. The normalized spacial score (nSPS) is 11.2. The van der Waals surface area contributed by atoms with Crippen molar-refractivity contribution in [2.45, 2.75) is 0 Å². The summed E-state index contributed by atoms with van der Waals surface area (Å²) in [5.74, 6) is 0. The maximum atomic E-state index is 5.09. The molecule has 0 bridgehead atoms. The van der Waals surface area contributed by atoms with Gasteiger partial charge in [0.25, 0.3) is 0 Å². The summed E-state index contributed by atoms with van der Waals surface area (Å²) in [5, 5.41) is 2.18. The Kier molecular flexibility index (Phi) is 6.39. The van der Waals surface area contributed by atoms with Crippen molar-refractivity contribution in [3.05, 3.63) is 152 Å². The van der Waals surface area contributed by atoms with E-state index in [-0.39, 0.29) is 0 Å². The molecular formula is C39H25N5. The molecule has 3 aromatic carbocycles. The molecule has 5 nitrogen and oxygen atoms in total. The van der Waals surface area contributed by atoms with Crippen LogP contribution in [0.5, 0.6) is 0 Å². The van der Waals surface area contributed by atoms with Gasteiger partial charge in [0, 0.05) is 58.4 Å². The second-order valence-electron chi connectivity index (χ2n) is 10.7. The SMILES string of the molecule is c1ccc(-c2ccc3cc(-c4ccc5nc(-c6cc(-c7cccnc7)cc(-c7cccnc7)c6)ccc5c4)ccc3n2)nc1. The van der Waals surface area contributed by atoms with Gasteiger partial charge in [-0.2, -0.15) is 0 Å². The van der Waals surface area contributed by atoms with E-state index in [0.717, 1.165) is 77.8 Å². The summed E-state index contributed by atoms with van der Waals surface area (Å²) < 4.78 is 0. The molecule has 0 saturated heterocycles. The molecule has 0 saturated carbocycles. The van der Waals surface area contributed by atoms with Crippen molar-refractivity contribution in [1.82, 2.24) is 24.9 Å². The van der Waals surface area contributed by atoms with Crippen LogP contribution in [0.25, 0.3) is 77.8 Å². The molecule has 5 heterocycles. The van der Waals surface area contributed by atoms with Gasteiger partial charge < -0.3 is 0 Å². The first-order valence-electron chi connectivity index (χ1n) is 14.5. The topological polar surface area (TPSA) is 64.5 Å². The lowest BCUT2D eigenvalue weighted by molar-refractivity contribution is 1.28. The molecule has 0 N–H and O–H groups in total. The molecule has 0 aliphatic carbocycles. The van der Waals surface area contributed by atoms with Gasteiger partial charge in [0.15, 0.2) is 0 Å². The van der Waals surface area contributed by atoms with Crippen LogP contribution in [0.4, 0.5) is 0 Å². The fourth-order valence-corrected chi connectivity index (χ4v) is 5.60. The lowest BCUT2D eigenvalue weighted by atomic mass is 9.95. The van der Waals surface area contributed by atoms with Crippen molar-refractivity contribution < 1.29 is 0 Å². The van der Waals surface area contributed by atoms with Crippen molar-refractivity contribution in [2.75, 3.05) is 0 Å². The largest absolute Gasteiger partial charge is 0.264 e. The first-order valence-corrected chi connectivity index (χ1v) is 14.5. The summed E-state index contributed by atoms with van der Waals surface area (Å²) in [6, 6.07) is 41.8. The average molecular weight is 564 g/mol.